The summed E-state index contributed by atoms with van der Waals surface area (Å²) >= 11 is 0. The molecule has 2 aliphatic rings. The summed E-state index contributed by atoms with van der Waals surface area (Å²) in [5.41, 5.74) is 4.73. The summed E-state index contributed by atoms with van der Waals surface area (Å²) in [4.78, 5) is 14.2. The summed E-state index contributed by atoms with van der Waals surface area (Å²) in [5.74, 6) is 0.955. The molecule has 2 aliphatic heterocycles. The Morgan fingerprint density at radius 3 is 2.76 bits per heavy atom. The minimum absolute atomic E-state index is 0.275. The second kappa shape index (κ2) is 5.61. The van der Waals surface area contributed by atoms with Crippen molar-refractivity contribution in [3.8, 4) is 11.4 Å². The molecule has 4 rings (SSSR count). The lowest BCUT2D eigenvalue weighted by Gasteiger charge is -2.30. The number of nitrogens with zero attached hydrogens (tertiary/aromatic N) is 4. The standard InChI is InChI=1S/C18H24N4O3/c1-5-14-11-6-9-22-16(15(11)20-25-14)12-10-21(8-7-13(12)19-22)17(23)24-18(2,3)4/h5-10H2,1-4H3. The molecule has 0 saturated carbocycles. The number of carbonyl (C=O) groups is 1. The second-order valence-corrected chi connectivity index (χ2v) is 7.69. The van der Waals surface area contributed by atoms with Gasteiger partial charge in [-0.3, -0.25) is 4.68 Å². The van der Waals surface area contributed by atoms with Gasteiger partial charge in [0.25, 0.3) is 0 Å². The van der Waals surface area contributed by atoms with E-state index >= 15 is 0 Å². The van der Waals surface area contributed by atoms with Gasteiger partial charge >= 0.3 is 6.09 Å². The van der Waals surface area contributed by atoms with E-state index in [4.69, 9.17) is 14.4 Å². The van der Waals surface area contributed by atoms with Crippen molar-refractivity contribution < 1.29 is 14.1 Å². The van der Waals surface area contributed by atoms with Crippen molar-refractivity contribution in [3.63, 3.8) is 0 Å². The van der Waals surface area contributed by atoms with E-state index in [1.807, 2.05) is 25.5 Å². The molecule has 7 heteroatoms. The molecule has 0 aromatic carbocycles. The van der Waals surface area contributed by atoms with Gasteiger partial charge in [0, 0.05) is 37.1 Å². The van der Waals surface area contributed by atoms with Crippen LogP contribution in [-0.4, -0.2) is 38.1 Å². The topological polar surface area (TPSA) is 73.4 Å². The van der Waals surface area contributed by atoms with Crippen LogP contribution < -0.4 is 0 Å². The van der Waals surface area contributed by atoms with Crippen molar-refractivity contribution in [2.24, 2.45) is 0 Å². The predicted molar refractivity (Wildman–Crippen MR) is 91.2 cm³/mol. The first-order chi connectivity index (χ1) is 11.9. The van der Waals surface area contributed by atoms with E-state index < -0.39 is 5.60 Å². The number of amides is 1. The number of aromatic nitrogens is 3. The fourth-order valence-electron chi connectivity index (χ4n) is 3.62. The van der Waals surface area contributed by atoms with Crippen LogP contribution in [0.4, 0.5) is 4.79 Å². The number of aryl methyl sites for hydroxylation is 2. The molecule has 0 aliphatic carbocycles. The van der Waals surface area contributed by atoms with Gasteiger partial charge in [-0.1, -0.05) is 12.1 Å². The van der Waals surface area contributed by atoms with Crippen LogP contribution >= 0.6 is 0 Å². The number of fused-ring (bicyclic) bond motifs is 5. The highest BCUT2D eigenvalue weighted by Gasteiger charge is 2.34. The predicted octanol–water partition coefficient (Wildman–Crippen LogP) is 2.95. The lowest BCUT2D eigenvalue weighted by molar-refractivity contribution is 0.0224. The lowest BCUT2D eigenvalue weighted by atomic mass is 9.97. The van der Waals surface area contributed by atoms with Crippen molar-refractivity contribution in [2.75, 3.05) is 6.54 Å². The van der Waals surface area contributed by atoms with E-state index in [2.05, 4.69) is 12.1 Å². The highest BCUT2D eigenvalue weighted by molar-refractivity contribution is 5.71. The Morgan fingerprint density at radius 2 is 2.04 bits per heavy atom. The third kappa shape index (κ3) is 2.71. The van der Waals surface area contributed by atoms with Crippen molar-refractivity contribution in [1.82, 2.24) is 19.8 Å². The van der Waals surface area contributed by atoms with Gasteiger partial charge in [0.1, 0.15) is 17.1 Å². The Hall–Kier alpha value is -2.31. The molecule has 0 N–H and O–H groups in total. The normalized spacial score (nSPS) is 16.2. The zero-order valence-corrected chi connectivity index (χ0v) is 15.3. The first-order valence-corrected chi connectivity index (χ1v) is 8.91. The number of ether oxygens (including phenoxy) is 1. The van der Waals surface area contributed by atoms with E-state index in [0.29, 0.717) is 13.1 Å². The third-order valence-electron chi connectivity index (χ3n) is 4.74. The summed E-state index contributed by atoms with van der Waals surface area (Å²) in [6, 6.07) is 0. The molecule has 7 nitrogen and oxygen atoms in total. The van der Waals surface area contributed by atoms with E-state index in [0.717, 1.165) is 54.2 Å². The minimum atomic E-state index is -0.495. The maximum absolute atomic E-state index is 12.5. The Labute approximate surface area is 146 Å². The monoisotopic (exact) mass is 344 g/mol. The average Bonchev–Trinajstić information content (AvgIpc) is 3.12. The number of hydrogen-bond donors (Lipinski definition) is 0. The molecule has 1 amide bonds. The SMILES string of the molecule is CCc1onc2c1CCn1nc3c(c1-2)CN(C(=O)OC(C)(C)C)CC3. The molecule has 0 bridgehead atoms. The molecule has 25 heavy (non-hydrogen) atoms. The maximum Gasteiger partial charge on any atom is 0.410 e. The smallest absolute Gasteiger partial charge is 0.410 e. The highest BCUT2D eigenvalue weighted by Crippen LogP contribution is 2.37. The average molecular weight is 344 g/mol. The minimum Gasteiger partial charge on any atom is -0.444 e. The molecule has 0 atom stereocenters. The lowest BCUT2D eigenvalue weighted by Crippen LogP contribution is -2.39. The Morgan fingerprint density at radius 1 is 1.24 bits per heavy atom. The van der Waals surface area contributed by atoms with Gasteiger partial charge in [0.15, 0.2) is 0 Å². The number of hydrogen-bond acceptors (Lipinski definition) is 5. The van der Waals surface area contributed by atoms with E-state index in [-0.39, 0.29) is 6.09 Å². The van der Waals surface area contributed by atoms with Gasteiger partial charge in [-0.15, -0.1) is 0 Å². The molecule has 2 aromatic rings. The molecule has 0 saturated heterocycles. The summed E-state index contributed by atoms with van der Waals surface area (Å²) in [5, 5.41) is 9.06. The van der Waals surface area contributed by atoms with E-state index in [9.17, 15) is 4.79 Å². The highest BCUT2D eigenvalue weighted by atomic mass is 16.6. The quantitative estimate of drug-likeness (QED) is 0.795. The molecule has 0 unspecified atom stereocenters. The molecule has 0 fully saturated rings. The van der Waals surface area contributed by atoms with Crippen molar-refractivity contribution in [1.29, 1.82) is 0 Å². The van der Waals surface area contributed by atoms with Crippen molar-refractivity contribution in [3.05, 3.63) is 22.6 Å². The first-order valence-electron chi connectivity index (χ1n) is 8.91. The maximum atomic E-state index is 12.5. The zero-order valence-electron chi connectivity index (χ0n) is 15.3. The van der Waals surface area contributed by atoms with Crippen molar-refractivity contribution >= 4 is 6.09 Å². The summed E-state index contributed by atoms with van der Waals surface area (Å²) in [6.45, 7) is 9.70. The van der Waals surface area contributed by atoms with Crippen LogP contribution in [0.3, 0.4) is 0 Å². The van der Waals surface area contributed by atoms with Crippen LogP contribution in [0.5, 0.6) is 0 Å². The van der Waals surface area contributed by atoms with Crippen LogP contribution in [0.2, 0.25) is 0 Å². The second-order valence-electron chi connectivity index (χ2n) is 7.69. The van der Waals surface area contributed by atoms with Gasteiger partial charge in [-0.25, -0.2) is 4.79 Å². The largest absolute Gasteiger partial charge is 0.444 e. The van der Waals surface area contributed by atoms with Crippen LogP contribution in [0, 0.1) is 0 Å². The Bertz CT molecular complexity index is 828. The van der Waals surface area contributed by atoms with Gasteiger partial charge < -0.3 is 14.2 Å². The van der Waals surface area contributed by atoms with Crippen LogP contribution in [-0.2, 0) is 37.1 Å². The third-order valence-corrected chi connectivity index (χ3v) is 4.74. The van der Waals surface area contributed by atoms with Crippen molar-refractivity contribution in [2.45, 2.75) is 65.6 Å². The van der Waals surface area contributed by atoms with Crippen LogP contribution in [0.15, 0.2) is 4.52 Å². The van der Waals surface area contributed by atoms with E-state index in [1.54, 1.807) is 4.90 Å². The summed E-state index contributed by atoms with van der Waals surface area (Å²) in [7, 11) is 0. The molecule has 134 valence electrons. The molecular formula is C18H24N4O3. The Kier molecular flexibility index (Phi) is 3.63. The van der Waals surface area contributed by atoms with Gasteiger partial charge in [-0.05, 0) is 27.2 Å². The first kappa shape index (κ1) is 16.2. The molecular weight excluding hydrogens is 320 g/mol. The van der Waals surface area contributed by atoms with Crippen LogP contribution in [0.25, 0.3) is 11.4 Å². The fourth-order valence-corrected chi connectivity index (χ4v) is 3.62. The molecule has 4 heterocycles. The summed E-state index contributed by atoms with van der Waals surface area (Å²) in [6.07, 6.45) is 2.19. The van der Waals surface area contributed by atoms with Gasteiger partial charge in [0.2, 0.25) is 0 Å². The summed E-state index contributed by atoms with van der Waals surface area (Å²) < 4.78 is 13.1. The fraction of sp³-hybridized carbons (Fsp3) is 0.611. The van der Waals surface area contributed by atoms with Gasteiger partial charge in [0.05, 0.1) is 17.9 Å². The molecule has 0 spiro atoms. The zero-order chi connectivity index (χ0) is 17.8. The van der Waals surface area contributed by atoms with E-state index in [1.165, 1.54) is 5.56 Å². The van der Waals surface area contributed by atoms with Gasteiger partial charge in [-0.2, -0.15) is 5.10 Å². The van der Waals surface area contributed by atoms with Crippen LogP contribution in [0.1, 0.15) is 50.3 Å². The Balaban J connectivity index is 1.68. The molecule has 2 aromatic heterocycles. The molecule has 0 radical (unpaired) electrons. The number of carbonyl (C=O) groups excluding carboxylic acids is 1. The number of rotatable bonds is 1.